The number of nitrogens with two attached hydrogens (primary N) is 2. The first-order chi connectivity index (χ1) is 6.15. The van der Waals surface area contributed by atoms with E-state index in [4.69, 9.17) is 16.2 Å². The number of aliphatic hydroxyl groups excluding tert-OH is 1. The van der Waals surface area contributed by atoms with Gasteiger partial charge in [-0.15, -0.1) is 0 Å². The molecule has 1 aromatic rings. The predicted molar refractivity (Wildman–Crippen MR) is 49.6 cm³/mol. The summed E-state index contributed by atoms with van der Waals surface area (Å²) >= 11 is 0. The molecular formula is C8H13N3O2. The van der Waals surface area contributed by atoms with Crippen LogP contribution in [0.2, 0.25) is 0 Å². The van der Waals surface area contributed by atoms with Crippen molar-refractivity contribution >= 4 is 11.5 Å². The Bertz CT molecular complexity index is 291. The number of aromatic nitrogens is 1. The lowest BCUT2D eigenvalue weighted by Gasteiger charge is -2.11. The molecule has 0 fully saturated rings. The Morgan fingerprint density at radius 3 is 2.85 bits per heavy atom. The van der Waals surface area contributed by atoms with Crippen LogP contribution in [0.3, 0.4) is 0 Å². The smallest absolute Gasteiger partial charge is 0.182 e. The Hall–Kier alpha value is -1.33. The fraction of sp³-hybridized carbons (Fsp3) is 0.375. The van der Waals surface area contributed by atoms with Crippen molar-refractivity contribution in [3.63, 3.8) is 0 Å². The van der Waals surface area contributed by atoms with Crippen molar-refractivity contribution in [1.82, 2.24) is 4.98 Å². The van der Waals surface area contributed by atoms with Crippen LogP contribution in [-0.4, -0.2) is 16.7 Å². The summed E-state index contributed by atoms with van der Waals surface area (Å²) < 4.78 is 4.94. The van der Waals surface area contributed by atoms with Crippen molar-refractivity contribution in [2.45, 2.75) is 13.2 Å². The summed E-state index contributed by atoms with van der Waals surface area (Å²) in [4.78, 5) is 3.79. The quantitative estimate of drug-likeness (QED) is 0.585. The largest absolute Gasteiger partial charge is 0.396 e. The molecule has 0 amide bonds. The lowest BCUT2D eigenvalue weighted by atomic mass is 10.2. The molecule has 0 bridgehead atoms. The van der Waals surface area contributed by atoms with Gasteiger partial charge in [-0.25, -0.2) is 4.98 Å². The molecule has 5 nitrogen and oxygen atoms in total. The van der Waals surface area contributed by atoms with E-state index in [1.807, 2.05) is 0 Å². The predicted octanol–water partition coefficient (Wildman–Crippen LogP) is 0.273. The lowest BCUT2D eigenvalue weighted by molar-refractivity contribution is -0.0981. The molecule has 0 aromatic carbocycles. The normalized spacial score (nSPS) is 12.8. The van der Waals surface area contributed by atoms with Crippen LogP contribution in [0, 0.1) is 0 Å². The lowest BCUT2D eigenvalue weighted by Crippen LogP contribution is -2.06. The Labute approximate surface area is 76.3 Å². The summed E-state index contributed by atoms with van der Waals surface area (Å²) in [7, 11) is 0. The zero-order chi connectivity index (χ0) is 9.84. The zero-order valence-electron chi connectivity index (χ0n) is 7.40. The van der Waals surface area contributed by atoms with Gasteiger partial charge in [-0.2, -0.15) is 0 Å². The van der Waals surface area contributed by atoms with Crippen LogP contribution >= 0.6 is 0 Å². The van der Waals surface area contributed by atoms with Crippen LogP contribution in [0.4, 0.5) is 11.5 Å². The molecule has 1 unspecified atom stereocenters. The zero-order valence-corrected chi connectivity index (χ0v) is 7.40. The van der Waals surface area contributed by atoms with E-state index in [1.165, 1.54) is 6.20 Å². The number of hydrogen-bond acceptors (Lipinski definition) is 5. The maximum Gasteiger partial charge on any atom is 0.182 e. The first-order valence-corrected chi connectivity index (χ1v) is 3.95. The molecular weight excluding hydrogens is 170 g/mol. The highest BCUT2D eigenvalue weighted by molar-refractivity contribution is 5.58. The monoisotopic (exact) mass is 183 g/mol. The van der Waals surface area contributed by atoms with Crippen molar-refractivity contribution in [2.24, 2.45) is 0 Å². The number of aliphatic hydroxyl groups is 1. The van der Waals surface area contributed by atoms with E-state index in [0.29, 0.717) is 17.9 Å². The highest BCUT2D eigenvalue weighted by Gasteiger charge is 2.08. The molecule has 0 saturated carbocycles. The summed E-state index contributed by atoms with van der Waals surface area (Å²) in [6.07, 6.45) is 0.451. The number of anilines is 2. The molecule has 5 heteroatoms. The molecule has 0 aliphatic rings. The fourth-order valence-corrected chi connectivity index (χ4v) is 0.899. The number of nitrogens with zero attached hydrogens (tertiary/aromatic N) is 1. The van der Waals surface area contributed by atoms with Gasteiger partial charge in [-0.3, -0.25) is 0 Å². The van der Waals surface area contributed by atoms with Gasteiger partial charge in [-0.05, 0) is 13.0 Å². The number of rotatable bonds is 3. The van der Waals surface area contributed by atoms with Crippen LogP contribution in [0.25, 0.3) is 0 Å². The van der Waals surface area contributed by atoms with Crippen LogP contribution in [0.5, 0.6) is 0 Å². The average molecular weight is 183 g/mol. The number of ether oxygens (including phenoxy) is 1. The van der Waals surface area contributed by atoms with Gasteiger partial charge < -0.3 is 21.3 Å². The van der Waals surface area contributed by atoms with Gasteiger partial charge in [0.2, 0.25) is 0 Å². The van der Waals surface area contributed by atoms with Gasteiger partial charge in [0.1, 0.15) is 5.82 Å². The Morgan fingerprint density at radius 2 is 2.31 bits per heavy atom. The second kappa shape index (κ2) is 4.06. The van der Waals surface area contributed by atoms with Gasteiger partial charge in [0.15, 0.2) is 6.29 Å². The van der Waals surface area contributed by atoms with E-state index in [1.54, 1.807) is 13.0 Å². The summed E-state index contributed by atoms with van der Waals surface area (Å²) in [6, 6.07) is 1.54. The molecule has 0 spiro atoms. The molecule has 0 aliphatic carbocycles. The maximum atomic E-state index is 9.38. The van der Waals surface area contributed by atoms with E-state index in [2.05, 4.69) is 4.98 Å². The van der Waals surface area contributed by atoms with Gasteiger partial charge in [0.05, 0.1) is 5.69 Å². The molecule has 0 saturated heterocycles. The third kappa shape index (κ3) is 2.30. The molecule has 72 valence electrons. The molecule has 1 aromatic heterocycles. The highest BCUT2D eigenvalue weighted by Crippen LogP contribution is 2.18. The minimum atomic E-state index is -0.986. The second-order valence-electron chi connectivity index (χ2n) is 2.55. The van der Waals surface area contributed by atoms with Crippen molar-refractivity contribution < 1.29 is 9.84 Å². The molecule has 1 rings (SSSR count). The molecule has 1 heterocycles. The van der Waals surface area contributed by atoms with Crippen molar-refractivity contribution in [2.75, 3.05) is 18.1 Å². The summed E-state index contributed by atoms with van der Waals surface area (Å²) in [5, 5.41) is 9.38. The minimum absolute atomic E-state index is 0.257. The molecule has 0 radical (unpaired) electrons. The van der Waals surface area contributed by atoms with E-state index in [9.17, 15) is 5.11 Å². The SMILES string of the molecule is CCOC(O)c1cnc(N)c(N)c1. The summed E-state index contributed by atoms with van der Waals surface area (Å²) in [6.45, 7) is 2.21. The maximum absolute atomic E-state index is 9.38. The molecule has 13 heavy (non-hydrogen) atoms. The summed E-state index contributed by atoms with van der Waals surface area (Å²) in [5.41, 5.74) is 11.8. The van der Waals surface area contributed by atoms with Crippen LogP contribution in [0.1, 0.15) is 18.8 Å². The molecule has 5 N–H and O–H groups in total. The van der Waals surface area contributed by atoms with E-state index < -0.39 is 6.29 Å². The van der Waals surface area contributed by atoms with Crippen LogP contribution in [-0.2, 0) is 4.74 Å². The topological polar surface area (TPSA) is 94.4 Å². The van der Waals surface area contributed by atoms with Crippen LogP contribution < -0.4 is 11.5 Å². The molecule has 0 aliphatic heterocycles. The van der Waals surface area contributed by atoms with E-state index in [0.717, 1.165) is 0 Å². The Balaban J connectivity index is 2.84. The van der Waals surface area contributed by atoms with Crippen molar-refractivity contribution in [3.8, 4) is 0 Å². The molecule has 1 atom stereocenters. The Kier molecular flexibility index (Phi) is 3.05. The summed E-state index contributed by atoms with van der Waals surface area (Å²) in [5.74, 6) is 0.257. The number of hydrogen-bond donors (Lipinski definition) is 3. The fourth-order valence-electron chi connectivity index (χ4n) is 0.899. The number of pyridine rings is 1. The van der Waals surface area contributed by atoms with E-state index >= 15 is 0 Å². The van der Waals surface area contributed by atoms with Crippen molar-refractivity contribution in [3.05, 3.63) is 17.8 Å². The highest BCUT2D eigenvalue weighted by atomic mass is 16.6. The minimum Gasteiger partial charge on any atom is -0.396 e. The average Bonchev–Trinajstić information content (AvgIpc) is 2.10. The first-order valence-electron chi connectivity index (χ1n) is 3.95. The standard InChI is InChI=1S/C8H13N3O2/c1-2-13-8(12)5-3-6(9)7(10)11-4-5/h3-4,8,12H,2,9H2,1H3,(H2,10,11). The van der Waals surface area contributed by atoms with Gasteiger partial charge in [-0.1, -0.05) is 0 Å². The van der Waals surface area contributed by atoms with E-state index in [-0.39, 0.29) is 5.82 Å². The second-order valence-corrected chi connectivity index (χ2v) is 2.55. The third-order valence-electron chi connectivity index (χ3n) is 1.58. The Morgan fingerprint density at radius 1 is 1.62 bits per heavy atom. The van der Waals surface area contributed by atoms with Gasteiger partial charge in [0, 0.05) is 18.4 Å². The van der Waals surface area contributed by atoms with Crippen molar-refractivity contribution in [1.29, 1.82) is 0 Å². The third-order valence-corrected chi connectivity index (χ3v) is 1.58. The first kappa shape index (κ1) is 9.76. The van der Waals surface area contributed by atoms with Gasteiger partial charge >= 0.3 is 0 Å². The van der Waals surface area contributed by atoms with Crippen LogP contribution in [0.15, 0.2) is 12.3 Å². The van der Waals surface area contributed by atoms with Gasteiger partial charge in [0.25, 0.3) is 0 Å². The number of nitrogen functional groups attached to an aromatic ring is 2.